The number of aryl methyl sites for hydroxylation is 1. The number of rotatable bonds is 1. The molecule has 3 heterocycles. The van der Waals surface area contributed by atoms with E-state index in [2.05, 4.69) is 16.2 Å². The zero-order chi connectivity index (χ0) is 15.9. The minimum absolute atomic E-state index is 0.0474. The molecule has 1 fully saturated rings. The highest BCUT2D eigenvalue weighted by atomic mass is 16.4. The molecule has 0 radical (unpaired) electrons. The summed E-state index contributed by atoms with van der Waals surface area (Å²) in [6.45, 7) is 2.58. The molecule has 1 aliphatic rings. The van der Waals surface area contributed by atoms with Crippen LogP contribution in [0.2, 0.25) is 0 Å². The smallest absolute Gasteiger partial charge is 0.407 e. The van der Waals surface area contributed by atoms with Gasteiger partial charge in [-0.1, -0.05) is 0 Å². The first-order valence-electron chi connectivity index (χ1n) is 7.01. The van der Waals surface area contributed by atoms with Gasteiger partial charge in [0.05, 0.1) is 11.4 Å². The molecule has 3 rings (SSSR count). The van der Waals surface area contributed by atoms with Crippen LogP contribution in [0.3, 0.4) is 0 Å². The van der Waals surface area contributed by atoms with Gasteiger partial charge in [0, 0.05) is 25.1 Å². The zero-order valence-electron chi connectivity index (χ0n) is 12.0. The van der Waals surface area contributed by atoms with Crippen molar-refractivity contribution in [3.05, 3.63) is 33.4 Å². The first-order chi connectivity index (χ1) is 10.5. The summed E-state index contributed by atoms with van der Waals surface area (Å²) >= 11 is 0. The Bertz CT molecular complexity index is 837. The Morgan fingerprint density at radius 2 is 2.18 bits per heavy atom. The molecule has 0 unspecified atom stereocenters. The third kappa shape index (κ3) is 2.20. The highest BCUT2D eigenvalue weighted by molar-refractivity contribution is 5.65. The summed E-state index contributed by atoms with van der Waals surface area (Å²) in [5.41, 5.74) is 1.78. The van der Waals surface area contributed by atoms with Gasteiger partial charge in [0.1, 0.15) is 11.6 Å². The number of nitrogens with one attached hydrogen (secondary N) is 1. The molecule has 0 bridgehead atoms. The SMILES string of the molecule is Cc1nn2c(C3CCN(C(=O)O)CC3)cc(=O)[nH]c2c1C#N. The molecular weight excluding hydrogens is 286 g/mol. The molecule has 0 aromatic carbocycles. The second-order valence-corrected chi connectivity index (χ2v) is 5.43. The summed E-state index contributed by atoms with van der Waals surface area (Å²) in [6, 6.07) is 3.55. The molecule has 114 valence electrons. The number of likely N-dealkylation sites (tertiary alicyclic amines) is 1. The Kier molecular flexibility index (Phi) is 3.33. The van der Waals surface area contributed by atoms with Crippen molar-refractivity contribution in [3.63, 3.8) is 0 Å². The van der Waals surface area contributed by atoms with Crippen LogP contribution in [0.4, 0.5) is 4.79 Å². The summed E-state index contributed by atoms with van der Waals surface area (Å²) in [5, 5.41) is 22.5. The van der Waals surface area contributed by atoms with Crippen LogP contribution in [-0.2, 0) is 0 Å². The summed E-state index contributed by atoms with van der Waals surface area (Å²) in [7, 11) is 0. The molecule has 1 aliphatic heterocycles. The standard InChI is InChI=1S/C14H15N5O3/c1-8-10(7-15)13-16-12(20)6-11(19(13)17-8)9-2-4-18(5-3-9)14(21)22/h6,9H,2-5H2,1H3,(H,16,20)(H,21,22). The van der Waals surface area contributed by atoms with Crippen molar-refractivity contribution < 1.29 is 9.90 Å². The van der Waals surface area contributed by atoms with Crippen molar-refractivity contribution in [1.29, 1.82) is 5.26 Å². The van der Waals surface area contributed by atoms with E-state index in [0.29, 0.717) is 42.8 Å². The number of hydrogen-bond donors (Lipinski definition) is 2. The number of aromatic amines is 1. The van der Waals surface area contributed by atoms with Crippen LogP contribution in [0.5, 0.6) is 0 Å². The lowest BCUT2D eigenvalue weighted by Crippen LogP contribution is -2.37. The van der Waals surface area contributed by atoms with Gasteiger partial charge in [-0.3, -0.25) is 4.79 Å². The zero-order valence-corrected chi connectivity index (χ0v) is 12.0. The van der Waals surface area contributed by atoms with Gasteiger partial charge in [0.15, 0.2) is 5.65 Å². The van der Waals surface area contributed by atoms with E-state index in [1.807, 2.05) is 0 Å². The molecule has 1 amide bonds. The number of fused-ring (bicyclic) bond motifs is 1. The molecule has 8 nitrogen and oxygen atoms in total. The number of amides is 1. The average Bonchev–Trinajstić information content (AvgIpc) is 2.81. The van der Waals surface area contributed by atoms with Crippen LogP contribution in [0.15, 0.2) is 10.9 Å². The summed E-state index contributed by atoms with van der Waals surface area (Å²) in [5.74, 6) is 0.0474. The van der Waals surface area contributed by atoms with E-state index in [4.69, 9.17) is 5.11 Å². The summed E-state index contributed by atoms with van der Waals surface area (Å²) in [6.07, 6.45) is 0.341. The van der Waals surface area contributed by atoms with Crippen LogP contribution in [0.1, 0.15) is 35.7 Å². The second kappa shape index (κ2) is 5.18. The van der Waals surface area contributed by atoms with E-state index >= 15 is 0 Å². The Labute approximate surface area is 125 Å². The van der Waals surface area contributed by atoms with Crippen molar-refractivity contribution in [1.82, 2.24) is 19.5 Å². The minimum atomic E-state index is -0.920. The third-order valence-electron chi connectivity index (χ3n) is 4.12. The van der Waals surface area contributed by atoms with Crippen molar-refractivity contribution in [2.45, 2.75) is 25.7 Å². The predicted molar refractivity (Wildman–Crippen MR) is 76.8 cm³/mol. The van der Waals surface area contributed by atoms with Gasteiger partial charge in [-0.05, 0) is 19.8 Å². The van der Waals surface area contributed by atoms with Crippen molar-refractivity contribution >= 4 is 11.7 Å². The number of nitrogens with zero attached hydrogens (tertiary/aromatic N) is 4. The lowest BCUT2D eigenvalue weighted by molar-refractivity contribution is 0.131. The normalized spacial score (nSPS) is 15.9. The highest BCUT2D eigenvalue weighted by Gasteiger charge is 2.26. The number of H-pyrrole nitrogens is 1. The van der Waals surface area contributed by atoms with Gasteiger partial charge in [-0.25, -0.2) is 9.31 Å². The Morgan fingerprint density at radius 3 is 2.77 bits per heavy atom. The molecule has 0 saturated carbocycles. The first-order valence-corrected chi connectivity index (χ1v) is 7.01. The van der Waals surface area contributed by atoms with Gasteiger partial charge in [0.2, 0.25) is 0 Å². The maximum Gasteiger partial charge on any atom is 0.407 e. The molecule has 0 aliphatic carbocycles. The third-order valence-corrected chi connectivity index (χ3v) is 4.12. The summed E-state index contributed by atoms with van der Waals surface area (Å²) in [4.78, 5) is 26.9. The van der Waals surface area contributed by atoms with Crippen LogP contribution in [0, 0.1) is 18.3 Å². The van der Waals surface area contributed by atoms with Crippen molar-refractivity contribution in [2.24, 2.45) is 0 Å². The van der Waals surface area contributed by atoms with Crippen LogP contribution in [0.25, 0.3) is 5.65 Å². The largest absolute Gasteiger partial charge is 0.465 e. The molecule has 8 heteroatoms. The van der Waals surface area contributed by atoms with Gasteiger partial charge in [-0.15, -0.1) is 0 Å². The lowest BCUT2D eigenvalue weighted by Gasteiger charge is -2.30. The predicted octanol–water partition coefficient (Wildman–Crippen LogP) is 1.06. The number of aromatic nitrogens is 3. The van der Waals surface area contributed by atoms with Gasteiger partial charge >= 0.3 is 6.09 Å². The molecule has 0 spiro atoms. The number of carboxylic acid groups (broad SMARTS) is 1. The topological polar surface area (TPSA) is 114 Å². The van der Waals surface area contributed by atoms with Gasteiger partial charge in [-0.2, -0.15) is 10.4 Å². The molecule has 22 heavy (non-hydrogen) atoms. The molecule has 2 aromatic rings. The van der Waals surface area contributed by atoms with E-state index in [0.717, 1.165) is 5.69 Å². The number of carbonyl (C=O) groups is 1. The Balaban J connectivity index is 2.03. The molecular formula is C14H15N5O3. The van der Waals surface area contributed by atoms with E-state index < -0.39 is 6.09 Å². The minimum Gasteiger partial charge on any atom is -0.465 e. The highest BCUT2D eigenvalue weighted by Crippen LogP contribution is 2.28. The Morgan fingerprint density at radius 1 is 1.50 bits per heavy atom. The van der Waals surface area contributed by atoms with Crippen molar-refractivity contribution in [3.8, 4) is 6.07 Å². The molecule has 2 aromatic heterocycles. The van der Waals surface area contributed by atoms with E-state index in [-0.39, 0.29) is 11.5 Å². The fourth-order valence-electron chi connectivity index (χ4n) is 2.97. The fourth-order valence-corrected chi connectivity index (χ4v) is 2.97. The number of hydrogen-bond acceptors (Lipinski definition) is 4. The molecule has 0 atom stereocenters. The lowest BCUT2D eigenvalue weighted by atomic mass is 9.93. The van der Waals surface area contributed by atoms with Crippen LogP contribution >= 0.6 is 0 Å². The van der Waals surface area contributed by atoms with Crippen LogP contribution < -0.4 is 5.56 Å². The first kappa shape index (κ1) is 14.1. The van der Waals surface area contributed by atoms with E-state index in [1.54, 1.807) is 11.4 Å². The molecule has 1 saturated heterocycles. The maximum absolute atomic E-state index is 11.9. The molecule has 2 N–H and O–H groups in total. The number of nitriles is 1. The fraction of sp³-hybridized carbons (Fsp3) is 0.429. The van der Waals surface area contributed by atoms with Crippen molar-refractivity contribution in [2.75, 3.05) is 13.1 Å². The average molecular weight is 301 g/mol. The van der Waals surface area contributed by atoms with E-state index in [1.165, 1.54) is 11.0 Å². The summed E-state index contributed by atoms with van der Waals surface area (Å²) < 4.78 is 1.61. The Hall–Kier alpha value is -2.82. The van der Waals surface area contributed by atoms with E-state index in [9.17, 15) is 14.9 Å². The second-order valence-electron chi connectivity index (χ2n) is 5.43. The van der Waals surface area contributed by atoms with Gasteiger partial charge < -0.3 is 15.0 Å². The quantitative estimate of drug-likeness (QED) is 0.817. The van der Waals surface area contributed by atoms with Gasteiger partial charge in [0.25, 0.3) is 5.56 Å². The monoisotopic (exact) mass is 301 g/mol. The maximum atomic E-state index is 11.9. The van der Waals surface area contributed by atoms with Crippen LogP contribution in [-0.4, -0.2) is 43.8 Å². The number of piperidine rings is 1.